The molecular weight excluding hydrogens is 790 g/mol. The fourth-order valence-electron chi connectivity index (χ4n) is 5.48. The number of phosphoric ester groups is 2. The SMILES string of the molecule is CC/C=C\CC1OC1C/C=C\C/C=C\C/C=C\C/C=C\CCC(=O)OC[C@H](COP(=O)(O)OC[C@@H](O)COP(=O)(O)O)OC(=O)CCCCCCCCCCC(C)C. The summed E-state index contributed by atoms with van der Waals surface area (Å²) in [6, 6.07) is 0. The molecule has 0 amide bonds. The van der Waals surface area contributed by atoms with E-state index in [4.69, 9.17) is 28.5 Å². The van der Waals surface area contributed by atoms with E-state index in [-0.39, 0.29) is 12.8 Å². The van der Waals surface area contributed by atoms with Crippen molar-refractivity contribution in [2.75, 3.05) is 26.4 Å². The Balaban J connectivity index is 2.40. The van der Waals surface area contributed by atoms with Gasteiger partial charge >= 0.3 is 27.6 Å². The van der Waals surface area contributed by atoms with Crippen LogP contribution < -0.4 is 0 Å². The number of carbonyl (C=O) groups excluding carboxylic acids is 2. The molecule has 1 aliphatic rings. The van der Waals surface area contributed by atoms with E-state index in [1.807, 2.05) is 18.2 Å². The van der Waals surface area contributed by atoms with Crippen molar-refractivity contribution >= 4 is 27.6 Å². The number of unbranched alkanes of at least 4 members (excludes halogenated alkanes) is 7. The Kier molecular flexibility index (Phi) is 31.1. The summed E-state index contributed by atoms with van der Waals surface area (Å²) >= 11 is 0. The molecule has 0 aromatic heterocycles. The average molecular weight is 863 g/mol. The second-order valence-electron chi connectivity index (χ2n) is 14.8. The number of aliphatic hydroxyl groups excluding tert-OH is 1. The van der Waals surface area contributed by atoms with E-state index in [0.29, 0.717) is 31.5 Å². The Labute approximate surface area is 347 Å². The van der Waals surface area contributed by atoms with Gasteiger partial charge in [0.05, 0.1) is 32.0 Å². The van der Waals surface area contributed by atoms with Crippen LogP contribution in [0, 0.1) is 5.92 Å². The van der Waals surface area contributed by atoms with Crippen molar-refractivity contribution < 1.29 is 66.3 Å². The molecule has 3 unspecified atom stereocenters. The largest absolute Gasteiger partial charge is 0.472 e. The molecule has 0 aromatic rings. The lowest BCUT2D eigenvalue weighted by Gasteiger charge is -2.20. The third kappa shape index (κ3) is 34.6. The predicted octanol–water partition coefficient (Wildman–Crippen LogP) is 9.29. The summed E-state index contributed by atoms with van der Waals surface area (Å²) in [5.41, 5.74) is 0. The van der Waals surface area contributed by atoms with Crippen molar-refractivity contribution in [1.29, 1.82) is 0 Å². The number of hydrogen-bond acceptors (Lipinski definition) is 11. The molecule has 0 aromatic carbocycles. The van der Waals surface area contributed by atoms with Gasteiger partial charge in [-0.2, -0.15) is 0 Å². The number of carbonyl (C=O) groups is 2. The molecule has 1 rings (SSSR count). The summed E-state index contributed by atoms with van der Waals surface area (Å²) in [6.07, 6.45) is 34.4. The van der Waals surface area contributed by atoms with Gasteiger partial charge in [0.1, 0.15) is 12.7 Å². The minimum atomic E-state index is -4.87. The number of phosphoric acid groups is 2. The maximum Gasteiger partial charge on any atom is 0.472 e. The van der Waals surface area contributed by atoms with Gasteiger partial charge < -0.3 is 34.0 Å². The van der Waals surface area contributed by atoms with Gasteiger partial charge in [-0.25, -0.2) is 9.13 Å². The van der Waals surface area contributed by atoms with Crippen LogP contribution in [0.3, 0.4) is 0 Å². The molecule has 0 radical (unpaired) electrons. The topological polar surface area (TPSA) is 208 Å². The zero-order valence-corrected chi connectivity index (χ0v) is 36.8. The van der Waals surface area contributed by atoms with Gasteiger partial charge in [0.2, 0.25) is 0 Å². The van der Waals surface area contributed by atoms with Gasteiger partial charge in [-0.15, -0.1) is 0 Å². The zero-order chi connectivity index (χ0) is 42.9. The minimum absolute atomic E-state index is 0.0648. The van der Waals surface area contributed by atoms with E-state index in [9.17, 15) is 28.7 Å². The maximum absolute atomic E-state index is 12.6. The van der Waals surface area contributed by atoms with Crippen LogP contribution in [0.4, 0.5) is 0 Å². The summed E-state index contributed by atoms with van der Waals surface area (Å²) in [5.74, 6) is -0.411. The monoisotopic (exact) mass is 862 g/mol. The van der Waals surface area contributed by atoms with E-state index < -0.39 is 66.2 Å². The fraction of sp³-hybridized carbons (Fsp3) is 0.714. The van der Waals surface area contributed by atoms with E-state index in [0.717, 1.165) is 63.7 Å². The Morgan fingerprint density at radius 3 is 1.74 bits per heavy atom. The summed E-state index contributed by atoms with van der Waals surface area (Å²) < 4.78 is 53.3. The number of allylic oxidation sites excluding steroid dienone is 8. The first-order valence-electron chi connectivity index (χ1n) is 21.0. The highest BCUT2D eigenvalue weighted by molar-refractivity contribution is 7.47. The van der Waals surface area contributed by atoms with Gasteiger partial charge in [-0.3, -0.25) is 23.2 Å². The molecular formula is C42H72O14P2. The van der Waals surface area contributed by atoms with E-state index in [1.165, 1.54) is 25.7 Å². The van der Waals surface area contributed by atoms with Crippen molar-refractivity contribution in [2.24, 2.45) is 5.92 Å². The van der Waals surface area contributed by atoms with Crippen LogP contribution in [-0.2, 0) is 46.5 Å². The molecule has 0 spiro atoms. The molecule has 334 valence electrons. The van der Waals surface area contributed by atoms with Crippen molar-refractivity contribution in [1.82, 2.24) is 0 Å². The average Bonchev–Trinajstić information content (AvgIpc) is 3.92. The first kappa shape index (κ1) is 53.8. The molecule has 16 heteroatoms. The molecule has 4 N–H and O–H groups in total. The molecule has 1 fully saturated rings. The Morgan fingerprint density at radius 1 is 0.638 bits per heavy atom. The van der Waals surface area contributed by atoms with Gasteiger partial charge in [0.15, 0.2) is 6.10 Å². The number of ether oxygens (including phenoxy) is 3. The molecule has 5 atom stereocenters. The van der Waals surface area contributed by atoms with Crippen LogP contribution >= 0.6 is 15.6 Å². The van der Waals surface area contributed by atoms with Crippen LogP contribution in [-0.4, -0.2) is 82.6 Å². The van der Waals surface area contributed by atoms with Gasteiger partial charge in [-0.05, 0) is 57.3 Å². The Morgan fingerprint density at radius 2 is 1.16 bits per heavy atom. The molecule has 58 heavy (non-hydrogen) atoms. The second-order valence-corrected chi connectivity index (χ2v) is 17.4. The first-order valence-corrected chi connectivity index (χ1v) is 24.0. The van der Waals surface area contributed by atoms with Crippen LogP contribution in [0.1, 0.15) is 136 Å². The first-order chi connectivity index (χ1) is 27.7. The van der Waals surface area contributed by atoms with E-state index >= 15 is 0 Å². The Hall–Kier alpha value is -2.22. The van der Waals surface area contributed by atoms with Crippen LogP contribution in [0.5, 0.6) is 0 Å². The molecule has 14 nitrogen and oxygen atoms in total. The standard InChI is InChI=1S/C42H72O14P2/c1-4-5-22-28-39-40(56-39)29-24-19-15-10-8-6-7-9-11-16-20-25-30-41(44)51-34-38(35-54-58(49,50)53-33-37(43)32-52-57(46,47)48)55-42(45)31-26-21-17-13-12-14-18-23-27-36(2)3/h5,7-10,16,19-20,22,24,36-40,43H,4,6,11-15,17-18,21,23,25-35H2,1-3H3,(H,49,50)(H2,46,47,48)/b9-7-,10-8-,20-16-,22-5-,24-19-/t37-,38+,39?,40?/m0/s1. The minimum Gasteiger partial charge on any atom is -0.462 e. The molecule has 1 saturated heterocycles. The lowest BCUT2D eigenvalue weighted by Crippen LogP contribution is -2.29. The van der Waals surface area contributed by atoms with Gasteiger partial charge in [0, 0.05) is 12.8 Å². The van der Waals surface area contributed by atoms with Crippen LogP contribution in [0.15, 0.2) is 60.8 Å². The molecule has 1 aliphatic heterocycles. The summed E-state index contributed by atoms with van der Waals surface area (Å²) in [6.45, 7) is 3.79. The lowest BCUT2D eigenvalue weighted by atomic mass is 10.0. The number of aliphatic hydroxyl groups is 1. The van der Waals surface area contributed by atoms with Crippen LogP contribution in [0.25, 0.3) is 0 Å². The number of epoxide rings is 1. The second kappa shape index (κ2) is 33.5. The third-order valence-electron chi connectivity index (χ3n) is 8.75. The number of hydrogen-bond donors (Lipinski definition) is 4. The van der Waals surface area contributed by atoms with Crippen LogP contribution in [0.2, 0.25) is 0 Å². The van der Waals surface area contributed by atoms with Gasteiger partial charge in [0.25, 0.3) is 0 Å². The Bertz CT molecular complexity index is 1340. The highest BCUT2D eigenvalue weighted by Crippen LogP contribution is 2.44. The molecule has 1 heterocycles. The summed E-state index contributed by atoms with van der Waals surface area (Å²) in [5, 5.41) is 9.73. The van der Waals surface area contributed by atoms with Crippen molar-refractivity contribution in [2.45, 2.75) is 161 Å². The number of esters is 2. The van der Waals surface area contributed by atoms with E-state index in [1.54, 1.807) is 0 Å². The molecule has 0 saturated carbocycles. The predicted molar refractivity (Wildman–Crippen MR) is 225 cm³/mol. The fourth-order valence-corrected chi connectivity index (χ4v) is 6.64. The lowest BCUT2D eigenvalue weighted by molar-refractivity contribution is -0.161. The van der Waals surface area contributed by atoms with Gasteiger partial charge in [-0.1, -0.05) is 133 Å². The molecule has 0 bridgehead atoms. The third-order valence-corrected chi connectivity index (χ3v) is 10.2. The summed E-state index contributed by atoms with van der Waals surface area (Å²) in [7, 11) is -9.69. The highest BCUT2D eigenvalue weighted by atomic mass is 31.2. The van der Waals surface area contributed by atoms with Crippen molar-refractivity contribution in [3.8, 4) is 0 Å². The quantitative estimate of drug-likeness (QED) is 0.0151. The summed E-state index contributed by atoms with van der Waals surface area (Å²) in [4.78, 5) is 52.5. The smallest absolute Gasteiger partial charge is 0.462 e. The van der Waals surface area contributed by atoms with E-state index in [2.05, 4.69) is 72.4 Å². The number of rotatable bonds is 37. The highest BCUT2D eigenvalue weighted by Gasteiger charge is 2.36. The maximum atomic E-state index is 12.6. The van der Waals surface area contributed by atoms with Crippen molar-refractivity contribution in [3.63, 3.8) is 0 Å². The normalized spacial score (nSPS) is 18.3. The van der Waals surface area contributed by atoms with Crippen molar-refractivity contribution in [3.05, 3.63) is 60.8 Å². The zero-order valence-electron chi connectivity index (χ0n) is 35.0. The molecule has 0 aliphatic carbocycles.